The first kappa shape index (κ1) is 12.3. The summed E-state index contributed by atoms with van der Waals surface area (Å²) in [5, 5.41) is 7.42. The molecule has 11 heavy (non-hydrogen) atoms. The molecule has 64 valence electrons. The Morgan fingerprint density at radius 3 is 2.00 bits per heavy atom. The quantitative estimate of drug-likeness (QED) is 0.360. The normalized spacial score (nSPS) is 7.09. The summed E-state index contributed by atoms with van der Waals surface area (Å²) in [6.07, 6.45) is 1.02. The summed E-state index contributed by atoms with van der Waals surface area (Å²) in [4.78, 5) is 26.9. The molecule has 0 aromatic rings. The maximum atomic E-state index is 9.95. The molecular weight excluding hydrogens is 152 g/mol. The Kier molecular flexibility index (Phi) is 9.68. The largest absolute Gasteiger partial charge is 0.481 e. The van der Waals surface area contributed by atoms with Crippen LogP contribution in [0.25, 0.3) is 0 Å². The number of hydrogen-bond donors (Lipinski definition) is 1. The topological polar surface area (TPSA) is 72.8 Å². The van der Waals surface area contributed by atoms with Crippen molar-refractivity contribution in [3.05, 3.63) is 12.7 Å². The minimum atomic E-state index is -0.833. The molecule has 5 nitrogen and oxygen atoms in total. The molecular formula is C6H10O5. The number of carboxylic acid groups (broad SMARTS) is 1. The maximum Gasteiger partial charge on any atom is 0.365 e. The van der Waals surface area contributed by atoms with Crippen molar-refractivity contribution in [2.45, 2.75) is 6.92 Å². The van der Waals surface area contributed by atoms with Crippen LogP contribution in [-0.2, 0) is 19.4 Å². The van der Waals surface area contributed by atoms with Crippen LogP contribution in [0, 0.1) is 0 Å². The zero-order chi connectivity index (χ0) is 9.28. The predicted molar refractivity (Wildman–Crippen MR) is 36.6 cm³/mol. The van der Waals surface area contributed by atoms with Gasteiger partial charge >= 0.3 is 5.97 Å². The van der Waals surface area contributed by atoms with Gasteiger partial charge in [0.25, 0.3) is 5.97 Å². The van der Waals surface area contributed by atoms with Gasteiger partial charge in [0.15, 0.2) is 0 Å². The Morgan fingerprint density at radius 2 is 1.91 bits per heavy atom. The molecule has 0 amide bonds. The zero-order valence-corrected chi connectivity index (χ0v) is 6.36. The monoisotopic (exact) mass is 162 g/mol. The Balaban J connectivity index is 0. The molecule has 0 spiro atoms. The van der Waals surface area contributed by atoms with E-state index in [-0.39, 0.29) is 0 Å². The predicted octanol–water partition coefficient (Wildman–Crippen LogP) is 0.368. The molecule has 0 atom stereocenters. The Hall–Kier alpha value is -1.36. The summed E-state index contributed by atoms with van der Waals surface area (Å²) >= 11 is 0. The van der Waals surface area contributed by atoms with E-state index < -0.39 is 11.9 Å². The fourth-order valence-corrected chi connectivity index (χ4v) is 0.116. The van der Waals surface area contributed by atoms with Crippen LogP contribution >= 0.6 is 0 Å². The van der Waals surface area contributed by atoms with Crippen molar-refractivity contribution in [3.63, 3.8) is 0 Å². The lowest BCUT2D eigenvalue weighted by molar-refractivity contribution is -0.249. The maximum absolute atomic E-state index is 9.95. The smallest absolute Gasteiger partial charge is 0.365 e. The molecule has 0 saturated carbocycles. The molecule has 0 aliphatic rings. The van der Waals surface area contributed by atoms with Crippen LogP contribution in [0.2, 0.25) is 0 Å². The van der Waals surface area contributed by atoms with Crippen molar-refractivity contribution in [1.82, 2.24) is 0 Å². The van der Waals surface area contributed by atoms with Crippen LogP contribution < -0.4 is 0 Å². The van der Waals surface area contributed by atoms with Crippen molar-refractivity contribution in [2.24, 2.45) is 0 Å². The number of aliphatic carboxylic acids is 1. The van der Waals surface area contributed by atoms with E-state index in [2.05, 4.69) is 16.4 Å². The molecule has 0 aliphatic heterocycles. The molecule has 0 heterocycles. The van der Waals surface area contributed by atoms with Crippen molar-refractivity contribution in [1.29, 1.82) is 0 Å². The second-order valence-electron chi connectivity index (χ2n) is 1.29. The lowest BCUT2D eigenvalue weighted by Gasteiger charge is -1.88. The van der Waals surface area contributed by atoms with Gasteiger partial charge in [-0.25, -0.2) is 4.79 Å². The van der Waals surface area contributed by atoms with Crippen LogP contribution in [0.1, 0.15) is 6.92 Å². The Morgan fingerprint density at radius 1 is 1.55 bits per heavy atom. The van der Waals surface area contributed by atoms with Gasteiger partial charge in [0, 0.05) is 13.0 Å². The minimum absolute atomic E-state index is 0.581. The first-order chi connectivity index (χ1) is 5.04. The van der Waals surface area contributed by atoms with Crippen molar-refractivity contribution >= 4 is 11.9 Å². The summed E-state index contributed by atoms with van der Waals surface area (Å²) in [5.74, 6) is -1.41. The number of hydrogen-bond acceptors (Lipinski definition) is 4. The van der Waals surface area contributed by atoms with Gasteiger partial charge in [0.1, 0.15) is 0 Å². The van der Waals surface area contributed by atoms with Gasteiger partial charge in [-0.05, 0) is 0 Å². The van der Waals surface area contributed by atoms with Gasteiger partial charge in [0.2, 0.25) is 0 Å². The molecule has 0 radical (unpaired) electrons. The molecule has 0 rings (SSSR count). The van der Waals surface area contributed by atoms with Gasteiger partial charge < -0.3 is 5.11 Å². The lowest BCUT2D eigenvalue weighted by Crippen LogP contribution is -1.96. The molecule has 0 saturated heterocycles. The lowest BCUT2D eigenvalue weighted by atomic mass is 10.7. The van der Waals surface area contributed by atoms with E-state index in [9.17, 15) is 4.79 Å². The number of carboxylic acids is 1. The highest BCUT2D eigenvalue weighted by atomic mass is 17.2. The summed E-state index contributed by atoms with van der Waals surface area (Å²) in [6, 6.07) is 0. The first-order valence-electron chi connectivity index (χ1n) is 2.61. The van der Waals surface area contributed by atoms with Crippen LogP contribution in [-0.4, -0.2) is 24.2 Å². The first-order valence-corrected chi connectivity index (χ1v) is 2.61. The number of carbonyl (C=O) groups is 2. The van der Waals surface area contributed by atoms with Crippen molar-refractivity contribution in [3.8, 4) is 0 Å². The zero-order valence-electron chi connectivity index (χ0n) is 6.36. The van der Waals surface area contributed by atoms with E-state index in [4.69, 9.17) is 9.90 Å². The minimum Gasteiger partial charge on any atom is -0.481 e. The van der Waals surface area contributed by atoms with Crippen LogP contribution in [0.3, 0.4) is 0 Å². The van der Waals surface area contributed by atoms with E-state index in [0.29, 0.717) is 0 Å². The molecule has 1 N–H and O–H groups in total. The van der Waals surface area contributed by atoms with Gasteiger partial charge in [-0.1, -0.05) is 6.58 Å². The molecule has 0 unspecified atom stereocenters. The van der Waals surface area contributed by atoms with E-state index in [1.54, 1.807) is 0 Å². The van der Waals surface area contributed by atoms with Gasteiger partial charge in [-0.3, -0.25) is 9.68 Å². The van der Waals surface area contributed by atoms with E-state index in [0.717, 1.165) is 13.0 Å². The molecule has 0 aliphatic carbocycles. The highest BCUT2D eigenvalue weighted by Gasteiger charge is 1.88. The SMILES string of the molecule is C=CC(=O)OOC.CC(=O)O. The third-order valence-corrected chi connectivity index (χ3v) is 0.332. The fourth-order valence-electron chi connectivity index (χ4n) is 0.116. The molecule has 0 aromatic carbocycles. The standard InChI is InChI=1S/C4H6O3.C2H4O2/c1-3-4(5)7-6-2;1-2(3)4/h3H,1H2,2H3;1H3,(H,3,4). The van der Waals surface area contributed by atoms with Gasteiger partial charge in [0.05, 0.1) is 7.11 Å². The van der Waals surface area contributed by atoms with Crippen molar-refractivity contribution in [2.75, 3.05) is 7.11 Å². The van der Waals surface area contributed by atoms with Crippen LogP contribution in [0.4, 0.5) is 0 Å². The van der Waals surface area contributed by atoms with E-state index in [1.807, 2.05) is 0 Å². The third kappa shape index (κ3) is 28.8. The van der Waals surface area contributed by atoms with Crippen LogP contribution in [0.15, 0.2) is 12.7 Å². The highest BCUT2D eigenvalue weighted by Crippen LogP contribution is 1.74. The van der Waals surface area contributed by atoms with Gasteiger partial charge in [-0.15, -0.1) is 0 Å². The summed E-state index contributed by atoms with van der Waals surface area (Å²) in [7, 11) is 1.25. The molecule has 0 aromatic heterocycles. The number of carbonyl (C=O) groups excluding carboxylic acids is 1. The van der Waals surface area contributed by atoms with E-state index in [1.165, 1.54) is 7.11 Å². The Bertz CT molecular complexity index is 136. The second kappa shape index (κ2) is 8.64. The fraction of sp³-hybridized carbons (Fsp3) is 0.333. The Labute approximate surface area is 64.2 Å². The summed E-state index contributed by atoms with van der Waals surface area (Å²) in [6.45, 7) is 4.21. The summed E-state index contributed by atoms with van der Waals surface area (Å²) < 4.78 is 0. The molecule has 0 bridgehead atoms. The number of rotatable bonds is 2. The average Bonchev–Trinajstić information content (AvgIpc) is 1.87. The van der Waals surface area contributed by atoms with Crippen molar-refractivity contribution < 1.29 is 24.5 Å². The highest BCUT2D eigenvalue weighted by molar-refractivity contribution is 5.80. The summed E-state index contributed by atoms with van der Waals surface area (Å²) in [5.41, 5.74) is 0. The third-order valence-electron chi connectivity index (χ3n) is 0.332. The second-order valence-corrected chi connectivity index (χ2v) is 1.29. The van der Waals surface area contributed by atoms with Crippen LogP contribution in [0.5, 0.6) is 0 Å². The average molecular weight is 162 g/mol. The molecule has 5 heteroatoms. The van der Waals surface area contributed by atoms with E-state index >= 15 is 0 Å². The van der Waals surface area contributed by atoms with Gasteiger partial charge in [-0.2, -0.15) is 4.89 Å². The molecule has 0 fully saturated rings.